The van der Waals surface area contributed by atoms with E-state index in [0.29, 0.717) is 6.42 Å². The lowest BCUT2D eigenvalue weighted by Crippen LogP contribution is -2.39. The quantitative estimate of drug-likeness (QED) is 0.835. The molecular weight excluding hydrogens is 284 g/mol. The summed E-state index contributed by atoms with van der Waals surface area (Å²) in [4.78, 5) is 16.1. The summed E-state index contributed by atoms with van der Waals surface area (Å²) < 4.78 is 22.6. The van der Waals surface area contributed by atoms with Crippen LogP contribution in [0, 0.1) is 0 Å². The second kappa shape index (κ2) is 5.92. The lowest BCUT2D eigenvalue weighted by molar-refractivity contribution is -0.120. The summed E-state index contributed by atoms with van der Waals surface area (Å²) in [5.74, 6) is 0.0807. The van der Waals surface area contributed by atoms with Gasteiger partial charge in [0.2, 0.25) is 5.91 Å². The highest BCUT2D eigenvalue weighted by Crippen LogP contribution is 2.21. The van der Waals surface area contributed by atoms with Crippen molar-refractivity contribution in [2.75, 3.05) is 11.5 Å². The topological polar surface area (TPSA) is 76.1 Å². The van der Waals surface area contributed by atoms with E-state index in [-0.39, 0.29) is 28.7 Å². The molecule has 2 unspecified atom stereocenters. The molecule has 7 heteroatoms. The molecule has 104 valence electrons. The summed E-state index contributed by atoms with van der Waals surface area (Å²) in [5.41, 5.74) is 0. The van der Waals surface area contributed by atoms with Gasteiger partial charge in [-0.1, -0.05) is 17.8 Å². The van der Waals surface area contributed by atoms with Gasteiger partial charge in [0.15, 0.2) is 9.84 Å². The zero-order valence-electron chi connectivity index (χ0n) is 10.6. The number of aromatic nitrogens is 1. The Labute approximate surface area is 117 Å². The van der Waals surface area contributed by atoms with Gasteiger partial charge in [0, 0.05) is 12.2 Å². The largest absolute Gasteiger partial charge is 0.351 e. The van der Waals surface area contributed by atoms with E-state index in [1.165, 1.54) is 11.8 Å². The Kier molecular flexibility index (Phi) is 4.46. The molecular formula is C12H16N2O3S2. The number of sulfone groups is 1. The van der Waals surface area contributed by atoms with E-state index in [1.807, 2.05) is 18.2 Å². The van der Waals surface area contributed by atoms with Gasteiger partial charge in [0.25, 0.3) is 0 Å². The van der Waals surface area contributed by atoms with E-state index >= 15 is 0 Å². The van der Waals surface area contributed by atoms with Crippen molar-refractivity contribution in [3.05, 3.63) is 24.4 Å². The smallest absolute Gasteiger partial charge is 0.233 e. The summed E-state index contributed by atoms with van der Waals surface area (Å²) in [6.07, 6.45) is 2.19. The van der Waals surface area contributed by atoms with E-state index in [0.717, 1.165) is 5.03 Å². The molecule has 0 saturated carbocycles. The molecule has 0 aliphatic carbocycles. The molecule has 2 rings (SSSR count). The normalized spacial score (nSPS) is 22.9. The van der Waals surface area contributed by atoms with Crippen molar-refractivity contribution in [2.24, 2.45) is 0 Å². The average molecular weight is 300 g/mol. The van der Waals surface area contributed by atoms with Crippen molar-refractivity contribution < 1.29 is 13.2 Å². The Morgan fingerprint density at radius 3 is 2.89 bits per heavy atom. The minimum atomic E-state index is -2.96. The number of rotatable bonds is 4. The van der Waals surface area contributed by atoms with E-state index in [2.05, 4.69) is 10.3 Å². The van der Waals surface area contributed by atoms with Crippen molar-refractivity contribution in [3.63, 3.8) is 0 Å². The number of hydrogen-bond acceptors (Lipinski definition) is 5. The standard InChI is InChI=1S/C12H16N2O3S2/c1-9(18-11-4-2-3-6-13-11)12(15)14-10-5-7-19(16,17)8-10/h2-4,6,9-10H,5,7-8H2,1H3,(H,14,15). The molecule has 1 aliphatic heterocycles. The first-order valence-electron chi connectivity index (χ1n) is 6.05. The van der Waals surface area contributed by atoms with E-state index in [4.69, 9.17) is 0 Å². The van der Waals surface area contributed by atoms with Gasteiger partial charge in [0.1, 0.15) is 0 Å². The molecule has 5 nitrogen and oxygen atoms in total. The summed E-state index contributed by atoms with van der Waals surface area (Å²) in [7, 11) is -2.96. The molecule has 0 radical (unpaired) electrons. The molecule has 1 saturated heterocycles. The zero-order chi connectivity index (χ0) is 13.9. The van der Waals surface area contributed by atoms with Gasteiger partial charge in [-0.05, 0) is 25.5 Å². The molecule has 2 atom stereocenters. The third-order valence-corrected chi connectivity index (χ3v) is 5.70. The number of pyridine rings is 1. The van der Waals surface area contributed by atoms with E-state index in [1.54, 1.807) is 13.1 Å². The summed E-state index contributed by atoms with van der Waals surface area (Å²) >= 11 is 1.36. The lowest BCUT2D eigenvalue weighted by atomic mass is 10.2. The number of carbonyl (C=O) groups excluding carboxylic acids is 1. The second-order valence-corrected chi connectivity index (χ2v) is 8.13. The third kappa shape index (κ3) is 4.21. The van der Waals surface area contributed by atoms with E-state index < -0.39 is 9.84 Å². The van der Waals surface area contributed by atoms with Crippen molar-refractivity contribution >= 4 is 27.5 Å². The number of nitrogens with one attached hydrogen (secondary N) is 1. The maximum Gasteiger partial charge on any atom is 0.233 e. The molecule has 1 aromatic heterocycles. The SMILES string of the molecule is CC(Sc1ccccn1)C(=O)NC1CCS(=O)(=O)C1. The molecule has 1 fully saturated rings. The molecule has 0 spiro atoms. The third-order valence-electron chi connectivity index (χ3n) is 2.88. The Morgan fingerprint density at radius 1 is 1.53 bits per heavy atom. The minimum absolute atomic E-state index is 0.0553. The predicted molar refractivity (Wildman–Crippen MR) is 74.8 cm³/mol. The fourth-order valence-electron chi connectivity index (χ4n) is 1.88. The maximum absolute atomic E-state index is 12.0. The maximum atomic E-state index is 12.0. The summed E-state index contributed by atoms with van der Waals surface area (Å²) in [5, 5.41) is 3.28. The van der Waals surface area contributed by atoms with E-state index in [9.17, 15) is 13.2 Å². The molecule has 0 bridgehead atoms. The number of amides is 1. The predicted octanol–water partition coefficient (Wildman–Crippen LogP) is 0.865. The van der Waals surface area contributed by atoms with Gasteiger partial charge >= 0.3 is 0 Å². The van der Waals surface area contributed by atoms with Gasteiger partial charge in [-0.25, -0.2) is 13.4 Å². The van der Waals surface area contributed by atoms with Crippen LogP contribution in [0.25, 0.3) is 0 Å². The summed E-state index contributed by atoms with van der Waals surface area (Å²) in [6.45, 7) is 1.79. The monoisotopic (exact) mass is 300 g/mol. The zero-order valence-corrected chi connectivity index (χ0v) is 12.2. The Hall–Kier alpha value is -1.08. The fourth-order valence-corrected chi connectivity index (χ4v) is 4.37. The number of thioether (sulfide) groups is 1. The van der Waals surface area contributed by atoms with Gasteiger partial charge < -0.3 is 5.32 Å². The highest BCUT2D eigenvalue weighted by molar-refractivity contribution is 8.00. The van der Waals surface area contributed by atoms with Crippen molar-refractivity contribution in [1.29, 1.82) is 0 Å². The second-order valence-electron chi connectivity index (χ2n) is 4.54. The van der Waals surface area contributed by atoms with Crippen LogP contribution in [0.1, 0.15) is 13.3 Å². The molecule has 19 heavy (non-hydrogen) atoms. The number of carbonyl (C=O) groups is 1. The van der Waals surface area contributed by atoms with Crippen molar-refractivity contribution in [1.82, 2.24) is 10.3 Å². The van der Waals surface area contributed by atoms with Crippen molar-refractivity contribution in [3.8, 4) is 0 Å². The van der Waals surface area contributed by atoms with Crippen LogP contribution in [0.4, 0.5) is 0 Å². The van der Waals surface area contributed by atoms with Crippen LogP contribution in [-0.4, -0.2) is 42.1 Å². The number of hydrogen-bond donors (Lipinski definition) is 1. The first kappa shape index (κ1) is 14.3. The Bertz CT molecular complexity index is 545. The van der Waals surface area contributed by atoms with Crippen LogP contribution < -0.4 is 5.32 Å². The van der Waals surface area contributed by atoms with Gasteiger partial charge in [-0.2, -0.15) is 0 Å². The summed E-state index contributed by atoms with van der Waals surface area (Å²) in [6, 6.07) is 5.28. The van der Waals surface area contributed by atoms with Crippen LogP contribution in [0.15, 0.2) is 29.4 Å². The first-order chi connectivity index (χ1) is 8.96. The highest BCUT2D eigenvalue weighted by atomic mass is 32.2. The van der Waals surface area contributed by atoms with Gasteiger partial charge in [-0.3, -0.25) is 4.79 Å². The molecule has 1 aliphatic rings. The lowest BCUT2D eigenvalue weighted by Gasteiger charge is -2.15. The first-order valence-corrected chi connectivity index (χ1v) is 8.75. The Morgan fingerprint density at radius 2 is 2.32 bits per heavy atom. The molecule has 1 aromatic rings. The number of nitrogens with zero attached hydrogens (tertiary/aromatic N) is 1. The van der Waals surface area contributed by atoms with Crippen LogP contribution in [0.5, 0.6) is 0 Å². The van der Waals surface area contributed by atoms with Crippen LogP contribution in [-0.2, 0) is 14.6 Å². The molecule has 1 amide bonds. The van der Waals surface area contributed by atoms with Gasteiger partial charge in [0.05, 0.1) is 21.8 Å². The highest BCUT2D eigenvalue weighted by Gasteiger charge is 2.30. The fraction of sp³-hybridized carbons (Fsp3) is 0.500. The minimum Gasteiger partial charge on any atom is -0.351 e. The van der Waals surface area contributed by atoms with Crippen LogP contribution in [0.3, 0.4) is 0 Å². The molecule has 0 aromatic carbocycles. The van der Waals surface area contributed by atoms with Gasteiger partial charge in [-0.15, -0.1) is 0 Å². The van der Waals surface area contributed by atoms with Crippen LogP contribution in [0.2, 0.25) is 0 Å². The average Bonchev–Trinajstić information content (AvgIpc) is 2.70. The van der Waals surface area contributed by atoms with Crippen molar-refractivity contribution in [2.45, 2.75) is 29.7 Å². The van der Waals surface area contributed by atoms with Crippen LogP contribution >= 0.6 is 11.8 Å². The molecule has 2 heterocycles. The molecule has 1 N–H and O–H groups in total. The Balaban J connectivity index is 1.86.